The Kier molecular flexibility index (Phi) is 6.97. The van der Waals surface area contributed by atoms with Gasteiger partial charge in [0.05, 0.1) is 26.4 Å². The van der Waals surface area contributed by atoms with Crippen molar-refractivity contribution in [1.29, 1.82) is 0 Å². The number of benzene rings is 2. The van der Waals surface area contributed by atoms with E-state index in [9.17, 15) is 9.59 Å². The lowest BCUT2D eigenvalue weighted by molar-refractivity contribution is 0.0529. The van der Waals surface area contributed by atoms with Gasteiger partial charge in [0.15, 0.2) is 11.5 Å². The molecule has 31 heavy (non-hydrogen) atoms. The van der Waals surface area contributed by atoms with Crippen molar-refractivity contribution in [2.45, 2.75) is 20.8 Å². The molecule has 7 heteroatoms. The Bertz CT molecular complexity index is 1100. The molecule has 0 aliphatic heterocycles. The van der Waals surface area contributed by atoms with Gasteiger partial charge in [0.25, 0.3) is 5.91 Å². The van der Waals surface area contributed by atoms with Gasteiger partial charge in [-0.15, -0.1) is 11.3 Å². The maximum atomic E-state index is 13.1. The molecule has 6 nitrogen and oxygen atoms in total. The number of amides is 1. The molecule has 0 unspecified atom stereocenters. The fraction of sp³-hybridized carbons (Fsp3) is 0.250. The monoisotopic (exact) mass is 439 g/mol. The summed E-state index contributed by atoms with van der Waals surface area (Å²) in [5.74, 6) is -0.107. The van der Waals surface area contributed by atoms with Crippen molar-refractivity contribution in [2.75, 3.05) is 26.1 Å². The Morgan fingerprint density at radius 2 is 1.71 bits per heavy atom. The molecule has 1 aromatic heterocycles. The van der Waals surface area contributed by atoms with Gasteiger partial charge in [-0.1, -0.05) is 35.9 Å². The van der Waals surface area contributed by atoms with E-state index >= 15 is 0 Å². The lowest BCUT2D eigenvalue weighted by Gasteiger charge is -2.13. The molecule has 0 bridgehead atoms. The molecule has 162 valence electrons. The fourth-order valence-electron chi connectivity index (χ4n) is 3.33. The highest BCUT2D eigenvalue weighted by atomic mass is 32.1. The summed E-state index contributed by atoms with van der Waals surface area (Å²) in [5.41, 5.74) is 3.43. The van der Waals surface area contributed by atoms with Crippen LogP contribution in [0.5, 0.6) is 11.5 Å². The maximum absolute atomic E-state index is 13.1. The molecule has 0 aliphatic rings. The second-order valence-electron chi connectivity index (χ2n) is 6.82. The minimum atomic E-state index is -0.477. The number of carbonyl (C=O) groups excluding carboxylic acids is 2. The van der Waals surface area contributed by atoms with Crippen molar-refractivity contribution in [2.24, 2.45) is 0 Å². The van der Waals surface area contributed by atoms with Crippen LogP contribution in [-0.4, -0.2) is 32.7 Å². The number of thiophene rings is 1. The van der Waals surface area contributed by atoms with Gasteiger partial charge in [0, 0.05) is 10.4 Å². The Hall–Kier alpha value is -3.32. The lowest BCUT2D eigenvalue weighted by atomic mass is 10.0. The minimum absolute atomic E-state index is 0.234. The van der Waals surface area contributed by atoms with Crippen molar-refractivity contribution >= 4 is 28.2 Å². The number of anilines is 1. The van der Waals surface area contributed by atoms with Gasteiger partial charge in [-0.2, -0.15) is 0 Å². The first-order chi connectivity index (χ1) is 14.9. The average molecular weight is 440 g/mol. The van der Waals surface area contributed by atoms with E-state index in [4.69, 9.17) is 14.2 Å². The van der Waals surface area contributed by atoms with E-state index in [2.05, 4.69) is 5.32 Å². The third kappa shape index (κ3) is 4.56. The summed E-state index contributed by atoms with van der Waals surface area (Å²) in [7, 11) is 2.98. The van der Waals surface area contributed by atoms with E-state index in [0.29, 0.717) is 27.6 Å². The summed E-state index contributed by atoms with van der Waals surface area (Å²) < 4.78 is 16.0. The van der Waals surface area contributed by atoms with Gasteiger partial charge < -0.3 is 19.5 Å². The van der Waals surface area contributed by atoms with E-state index in [1.165, 1.54) is 25.6 Å². The van der Waals surface area contributed by atoms with E-state index in [1.807, 2.05) is 38.1 Å². The van der Waals surface area contributed by atoms with Crippen LogP contribution in [0.4, 0.5) is 5.00 Å². The third-order valence-electron chi connectivity index (χ3n) is 4.78. The van der Waals surface area contributed by atoms with Gasteiger partial charge in [-0.05, 0) is 38.5 Å². The van der Waals surface area contributed by atoms with E-state index < -0.39 is 11.9 Å². The quantitative estimate of drug-likeness (QED) is 0.494. The summed E-state index contributed by atoms with van der Waals surface area (Å²) in [5, 5.41) is 3.31. The summed E-state index contributed by atoms with van der Waals surface area (Å²) in [6, 6.07) is 13.0. The standard InChI is InChI=1S/C24H25NO5S/c1-6-30-24(27)20-19(16-12-10-14(2)11-13-16)15(3)31-23(20)25-22(26)17-8-7-9-18(28-4)21(17)29-5/h7-13H,6H2,1-5H3,(H,25,26). The highest BCUT2D eigenvalue weighted by Gasteiger charge is 2.27. The number of esters is 1. The molecule has 0 atom stereocenters. The molecule has 0 radical (unpaired) electrons. The molecule has 0 saturated heterocycles. The molecule has 0 aliphatic carbocycles. The molecule has 2 aromatic carbocycles. The molecule has 0 fully saturated rings. The largest absolute Gasteiger partial charge is 0.493 e. The van der Waals surface area contributed by atoms with E-state index in [0.717, 1.165) is 21.6 Å². The topological polar surface area (TPSA) is 73.9 Å². The number of carbonyl (C=O) groups is 2. The maximum Gasteiger partial charge on any atom is 0.341 e. The molecule has 1 amide bonds. The Morgan fingerprint density at radius 1 is 1.00 bits per heavy atom. The van der Waals surface area contributed by atoms with Gasteiger partial charge in [0.2, 0.25) is 0 Å². The zero-order chi connectivity index (χ0) is 22.5. The van der Waals surface area contributed by atoms with Crippen LogP contribution in [0, 0.1) is 13.8 Å². The van der Waals surface area contributed by atoms with Gasteiger partial charge in [0.1, 0.15) is 10.6 Å². The van der Waals surface area contributed by atoms with Crippen LogP contribution in [-0.2, 0) is 4.74 Å². The van der Waals surface area contributed by atoms with Crippen molar-refractivity contribution in [3.05, 3.63) is 64.0 Å². The smallest absolute Gasteiger partial charge is 0.341 e. The van der Waals surface area contributed by atoms with Gasteiger partial charge >= 0.3 is 5.97 Å². The molecule has 3 rings (SSSR count). The number of ether oxygens (including phenoxy) is 3. The van der Waals surface area contributed by atoms with Crippen LogP contribution < -0.4 is 14.8 Å². The van der Waals surface area contributed by atoms with Crippen molar-refractivity contribution in [3.63, 3.8) is 0 Å². The van der Waals surface area contributed by atoms with Crippen LogP contribution in [0.1, 0.15) is 38.1 Å². The summed E-state index contributed by atoms with van der Waals surface area (Å²) in [6.07, 6.45) is 0. The number of methoxy groups -OCH3 is 2. The molecule has 0 spiro atoms. The summed E-state index contributed by atoms with van der Waals surface area (Å²) in [6.45, 7) is 5.91. The number of hydrogen-bond donors (Lipinski definition) is 1. The normalized spacial score (nSPS) is 10.5. The Morgan fingerprint density at radius 3 is 2.32 bits per heavy atom. The Balaban J connectivity index is 2.08. The van der Waals surface area contributed by atoms with Crippen LogP contribution in [0.15, 0.2) is 42.5 Å². The first kappa shape index (κ1) is 22.4. The highest BCUT2D eigenvalue weighted by Crippen LogP contribution is 2.41. The average Bonchev–Trinajstić information content (AvgIpc) is 3.09. The number of nitrogens with one attached hydrogen (secondary N) is 1. The minimum Gasteiger partial charge on any atom is -0.493 e. The van der Waals surface area contributed by atoms with Crippen LogP contribution in [0.25, 0.3) is 11.1 Å². The Labute approximate surface area is 185 Å². The molecular weight excluding hydrogens is 414 g/mol. The first-order valence-corrected chi connectivity index (χ1v) is 10.6. The highest BCUT2D eigenvalue weighted by molar-refractivity contribution is 7.17. The zero-order valence-corrected chi connectivity index (χ0v) is 19.0. The second kappa shape index (κ2) is 9.66. The summed E-state index contributed by atoms with van der Waals surface area (Å²) >= 11 is 1.34. The van der Waals surface area contributed by atoms with Gasteiger partial charge in [-0.25, -0.2) is 4.79 Å². The number of aryl methyl sites for hydroxylation is 2. The van der Waals surface area contributed by atoms with Crippen LogP contribution in [0.2, 0.25) is 0 Å². The molecule has 0 saturated carbocycles. The van der Waals surface area contributed by atoms with Crippen molar-refractivity contribution in [3.8, 4) is 22.6 Å². The SMILES string of the molecule is CCOC(=O)c1c(NC(=O)c2cccc(OC)c2OC)sc(C)c1-c1ccc(C)cc1. The van der Waals surface area contributed by atoms with Crippen LogP contribution in [0.3, 0.4) is 0 Å². The number of hydrogen-bond acceptors (Lipinski definition) is 6. The molecular formula is C24H25NO5S. The third-order valence-corrected chi connectivity index (χ3v) is 5.80. The van der Waals surface area contributed by atoms with Crippen molar-refractivity contribution in [1.82, 2.24) is 0 Å². The van der Waals surface area contributed by atoms with E-state index in [-0.39, 0.29) is 6.61 Å². The molecule has 3 aromatic rings. The molecule has 1 N–H and O–H groups in total. The van der Waals surface area contributed by atoms with Crippen molar-refractivity contribution < 1.29 is 23.8 Å². The number of rotatable bonds is 7. The lowest BCUT2D eigenvalue weighted by Crippen LogP contribution is -2.16. The second-order valence-corrected chi connectivity index (χ2v) is 8.04. The van der Waals surface area contributed by atoms with Crippen LogP contribution >= 0.6 is 11.3 Å². The van der Waals surface area contributed by atoms with Gasteiger partial charge in [-0.3, -0.25) is 4.79 Å². The zero-order valence-electron chi connectivity index (χ0n) is 18.2. The molecule has 1 heterocycles. The summed E-state index contributed by atoms with van der Waals surface area (Å²) in [4.78, 5) is 26.9. The predicted octanol–water partition coefficient (Wildman–Crippen LogP) is 5.48. The fourth-order valence-corrected chi connectivity index (χ4v) is 4.39. The van der Waals surface area contributed by atoms with E-state index in [1.54, 1.807) is 25.1 Å². The predicted molar refractivity (Wildman–Crippen MR) is 123 cm³/mol. The number of para-hydroxylation sites is 1. The first-order valence-electron chi connectivity index (χ1n) is 9.81.